The summed E-state index contributed by atoms with van der Waals surface area (Å²) in [5.41, 5.74) is 0. The molecular formula is C15H19N3O3S2. The summed E-state index contributed by atoms with van der Waals surface area (Å²) in [4.78, 5) is 11.9. The Morgan fingerprint density at radius 1 is 1.22 bits per heavy atom. The van der Waals surface area contributed by atoms with Crippen molar-refractivity contribution in [1.29, 1.82) is 0 Å². The lowest BCUT2D eigenvalue weighted by Crippen LogP contribution is -2.20. The van der Waals surface area contributed by atoms with Crippen molar-refractivity contribution in [3.8, 4) is 11.5 Å². The molecule has 0 bridgehead atoms. The fourth-order valence-corrected chi connectivity index (χ4v) is 3.34. The van der Waals surface area contributed by atoms with Crippen LogP contribution in [0.2, 0.25) is 0 Å². The second-order valence-electron chi connectivity index (χ2n) is 4.44. The van der Waals surface area contributed by atoms with Gasteiger partial charge in [0.05, 0.1) is 6.61 Å². The molecule has 1 amide bonds. The number of para-hydroxylation sites is 2. The number of rotatable bonds is 9. The molecule has 0 radical (unpaired) electrons. The number of thioether (sulfide) groups is 1. The lowest BCUT2D eigenvalue weighted by atomic mass is 10.3. The van der Waals surface area contributed by atoms with Crippen LogP contribution in [0.15, 0.2) is 28.6 Å². The van der Waals surface area contributed by atoms with E-state index in [1.54, 1.807) is 23.9 Å². The largest absolute Gasteiger partial charge is 0.490 e. The molecule has 2 aromatic rings. The van der Waals surface area contributed by atoms with Crippen molar-refractivity contribution >= 4 is 34.1 Å². The Bertz CT molecular complexity index is 634. The molecular weight excluding hydrogens is 334 g/mol. The third-order valence-electron chi connectivity index (χ3n) is 2.59. The van der Waals surface area contributed by atoms with Gasteiger partial charge in [0.1, 0.15) is 0 Å². The normalized spacial score (nSPS) is 10.3. The van der Waals surface area contributed by atoms with Gasteiger partial charge in [0.2, 0.25) is 5.13 Å². The summed E-state index contributed by atoms with van der Waals surface area (Å²) in [6.07, 6.45) is 1.07. The maximum absolute atomic E-state index is 11.9. The molecule has 1 heterocycles. The molecule has 2 rings (SSSR count). The number of aromatic nitrogens is 2. The summed E-state index contributed by atoms with van der Waals surface area (Å²) in [5, 5.41) is 11.1. The van der Waals surface area contributed by atoms with Crippen molar-refractivity contribution in [2.75, 3.05) is 24.3 Å². The topological polar surface area (TPSA) is 73.3 Å². The van der Waals surface area contributed by atoms with E-state index in [4.69, 9.17) is 9.47 Å². The van der Waals surface area contributed by atoms with E-state index in [2.05, 4.69) is 22.4 Å². The lowest BCUT2D eigenvalue weighted by molar-refractivity contribution is -0.118. The molecule has 0 aliphatic carbocycles. The van der Waals surface area contributed by atoms with Crippen molar-refractivity contribution in [3.05, 3.63) is 24.3 Å². The predicted octanol–water partition coefficient (Wildman–Crippen LogP) is 3.46. The number of carbonyl (C=O) groups excluding carboxylic acids is 1. The van der Waals surface area contributed by atoms with E-state index in [0.717, 1.165) is 16.5 Å². The van der Waals surface area contributed by atoms with Gasteiger partial charge in [0, 0.05) is 5.75 Å². The van der Waals surface area contributed by atoms with E-state index in [9.17, 15) is 4.79 Å². The first kappa shape index (κ1) is 17.6. The summed E-state index contributed by atoms with van der Waals surface area (Å²) in [6.45, 7) is 4.43. The van der Waals surface area contributed by atoms with Crippen LogP contribution >= 0.6 is 23.1 Å². The Morgan fingerprint density at radius 3 is 2.65 bits per heavy atom. The van der Waals surface area contributed by atoms with Crippen molar-refractivity contribution < 1.29 is 14.3 Å². The van der Waals surface area contributed by atoms with E-state index in [0.29, 0.717) is 23.2 Å². The van der Waals surface area contributed by atoms with Gasteiger partial charge in [-0.1, -0.05) is 42.2 Å². The number of ether oxygens (including phenoxy) is 2. The van der Waals surface area contributed by atoms with Gasteiger partial charge in [0.25, 0.3) is 5.91 Å². The Morgan fingerprint density at radius 2 is 1.96 bits per heavy atom. The van der Waals surface area contributed by atoms with Crippen LogP contribution in [0.4, 0.5) is 5.13 Å². The van der Waals surface area contributed by atoms with Gasteiger partial charge in [0.15, 0.2) is 22.4 Å². The van der Waals surface area contributed by atoms with Crippen LogP contribution in [0.3, 0.4) is 0 Å². The third-order valence-corrected chi connectivity index (χ3v) is 4.77. The van der Waals surface area contributed by atoms with Gasteiger partial charge in [-0.05, 0) is 25.5 Å². The molecule has 1 N–H and O–H groups in total. The highest BCUT2D eigenvalue weighted by Crippen LogP contribution is 2.27. The van der Waals surface area contributed by atoms with Gasteiger partial charge in [-0.2, -0.15) is 0 Å². The van der Waals surface area contributed by atoms with Crippen LogP contribution in [0.5, 0.6) is 11.5 Å². The van der Waals surface area contributed by atoms with Crippen LogP contribution < -0.4 is 14.8 Å². The molecule has 0 spiro atoms. The SMILES string of the molecule is CCCSc1nnc(NC(=O)COc2ccccc2OCC)s1. The zero-order valence-corrected chi connectivity index (χ0v) is 14.7. The number of anilines is 1. The summed E-state index contributed by atoms with van der Waals surface area (Å²) in [6, 6.07) is 7.26. The Kier molecular flexibility index (Phi) is 7.15. The van der Waals surface area contributed by atoms with E-state index >= 15 is 0 Å². The van der Waals surface area contributed by atoms with E-state index < -0.39 is 0 Å². The monoisotopic (exact) mass is 353 g/mol. The fraction of sp³-hybridized carbons (Fsp3) is 0.400. The summed E-state index contributed by atoms with van der Waals surface area (Å²) < 4.78 is 11.8. The molecule has 0 aliphatic rings. The predicted molar refractivity (Wildman–Crippen MR) is 92.7 cm³/mol. The Hall–Kier alpha value is -1.80. The maximum atomic E-state index is 11.9. The lowest BCUT2D eigenvalue weighted by Gasteiger charge is -2.10. The number of carbonyl (C=O) groups is 1. The highest BCUT2D eigenvalue weighted by molar-refractivity contribution is 8.01. The van der Waals surface area contributed by atoms with Crippen molar-refractivity contribution in [2.24, 2.45) is 0 Å². The minimum absolute atomic E-state index is 0.110. The molecule has 0 aliphatic heterocycles. The zero-order valence-electron chi connectivity index (χ0n) is 13.1. The first-order chi connectivity index (χ1) is 11.2. The van der Waals surface area contributed by atoms with Crippen LogP contribution in [0.25, 0.3) is 0 Å². The molecule has 124 valence electrons. The number of nitrogens with zero attached hydrogens (tertiary/aromatic N) is 2. The van der Waals surface area contributed by atoms with Crippen LogP contribution in [-0.2, 0) is 4.79 Å². The highest BCUT2D eigenvalue weighted by Gasteiger charge is 2.10. The quantitative estimate of drug-likeness (QED) is 0.550. The second-order valence-corrected chi connectivity index (χ2v) is 6.76. The first-order valence-electron chi connectivity index (χ1n) is 7.33. The molecule has 6 nitrogen and oxygen atoms in total. The van der Waals surface area contributed by atoms with Crippen LogP contribution in [0, 0.1) is 0 Å². The maximum Gasteiger partial charge on any atom is 0.264 e. The fourth-order valence-electron chi connectivity index (χ4n) is 1.65. The summed E-state index contributed by atoms with van der Waals surface area (Å²) >= 11 is 2.99. The van der Waals surface area contributed by atoms with Gasteiger partial charge in [-0.25, -0.2) is 0 Å². The molecule has 8 heteroatoms. The van der Waals surface area contributed by atoms with Crippen molar-refractivity contribution in [2.45, 2.75) is 24.6 Å². The number of hydrogen-bond donors (Lipinski definition) is 1. The number of hydrogen-bond acceptors (Lipinski definition) is 7. The Balaban J connectivity index is 1.84. The average molecular weight is 353 g/mol. The summed E-state index contributed by atoms with van der Waals surface area (Å²) in [5.74, 6) is 1.87. The van der Waals surface area contributed by atoms with E-state index in [-0.39, 0.29) is 12.5 Å². The average Bonchev–Trinajstić information content (AvgIpc) is 3.00. The van der Waals surface area contributed by atoms with Gasteiger partial charge < -0.3 is 9.47 Å². The van der Waals surface area contributed by atoms with Gasteiger partial charge in [-0.3, -0.25) is 10.1 Å². The smallest absolute Gasteiger partial charge is 0.264 e. The molecule has 0 atom stereocenters. The Labute approximate surface area is 143 Å². The molecule has 0 saturated heterocycles. The highest BCUT2D eigenvalue weighted by atomic mass is 32.2. The number of nitrogens with one attached hydrogen (secondary N) is 1. The zero-order chi connectivity index (χ0) is 16.5. The molecule has 0 fully saturated rings. The third kappa shape index (κ3) is 5.72. The van der Waals surface area contributed by atoms with Gasteiger partial charge >= 0.3 is 0 Å². The number of amides is 1. The molecule has 0 saturated carbocycles. The molecule has 23 heavy (non-hydrogen) atoms. The van der Waals surface area contributed by atoms with Crippen LogP contribution in [-0.4, -0.2) is 35.1 Å². The van der Waals surface area contributed by atoms with Crippen molar-refractivity contribution in [1.82, 2.24) is 10.2 Å². The number of benzene rings is 1. The minimum atomic E-state index is -0.278. The molecule has 0 unspecified atom stereocenters. The standard InChI is InChI=1S/C15H19N3O3S2/c1-3-9-22-15-18-17-14(23-15)16-13(19)10-21-12-8-6-5-7-11(12)20-4-2/h5-8H,3-4,9-10H2,1-2H3,(H,16,17,19). The second kappa shape index (κ2) is 9.36. The van der Waals surface area contributed by atoms with Gasteiger partial charge in [-0.15, -0.1) is 10.2 Å². The molecule has 1 aromatic carbocycles. The van der Waals surface area contributed by atoms with Crippen LogP contribution in [0.1, 0.15) is 20.3 Å². The van der Waals surface area contributed by atoms with E-state index in [1.807, 2.05) is 19.1 Å². The minimum Gasteiger partial charge on any atom is -0.490 e. The first-order valence-corrected chi connectivity index (χ1v) is 9.14. The van der Waals surface area contributed by atoms with Crippen molar-refractivity contribution in [3.63, 3.8) is 0 Å². The summed E-state index contributed by atoms with van der Waals surface area (Å²) in [7, 11) is 0. The van der Waals surface area contributed by atoms with E-state index in [1.165, 1.54) is 11.3 Å². The molecule has 1 aromatic heterocycles.